The highest BCUT2D eigenvalue weighted by molar-refractivity contribution is 7.89. The molecule has 3 rings (SSSR count). The molecule has 0 aromatic carbocycles. The van der Waals surface area contributed by atoms with Gasteiger partial charge in [-0.05, 0) is 38.7 Å². The molecule has 1 N–H and O–H groups in total. The van der Waals surface area contributed by atoms with Gasteiger partial charge in [0.15, 0.2) is 0 Å². The number of aliphatic hydroxyl groups is 1. The number of sulfonamides is 1. The van der Waals surface area contributed by atoms with E-state index in [0.29, 0.717) is 31.2 Å². The first-order valence-electron chi connectivity index (χ1n) is 7.13. The molecule has 7 heteroatoms. The summed E-state index contributed by atoms with van der Waals surface area (Å²) in [6.45, 7) is 4.75. The summed E-state index contributed by atoms with van der Waals surface area (Å²) in [5.41, 5.74) is 1.56. The normalized spacial score (nSPS) is 22.0. The molecule has 20 heavy (non-hydrogen) atoms. The molecule has 1 aliphatic carbocycles. The lowest BCUT2D eigenvalue weighted by molar-refractivity contribution is 0.148. The Balaban J connectivity index is 1.81. The summed E-state index contributed by atoms with van der Waals surface area (Å²) in [5, 5.41) is 14.1. The monoisotopic (exact) mass is 299 g/mol. The van der Waals surface area contributed by atoms with Crippen molar-refractivity contribution in [2.45, 2.75) is 51.1 Å². The third-order valence-corrected chi connectivity index (χ3v) is 6.33. The summed E-state index contributed by atoms with van der Waals surface area (Å²) in [6.07, 6.45) is 1.61. The maximum atomic E-state index is 12.2. The quantitative estimate of drug-likeness (QED) is 0.895. The van der Waals surface area contributed by atoms with Gasteiger partial charge in [-0.15, -0.1) is 0 Å². The number of aromatic nitrogens is 2. The SMILES string of the molecule is CC(C)S(=O)(=O)N1CCn2nc(C(O)C3CC3)cc2C1. The van der Waals surface area contributed by atoms with Gasteiger partial charge in [0.1, 0.15) is 6.10 Å². The Hall–Kier alpha value is -0.920. The van der Waals surface area contributed by atoms with E-state index in [1.165, 1.54) is 4.31 Å². The minimum absolute atomic E-state index is 0.336. The molecule has 112 valence electrons. The van der Waals surface area contributed by atoms with Crippen molar-refractivity contribution in [1.29, 1.82) is 0 Å². The summed E-state index contributed by atoms with van der Waals surface area (Å²) in [6, 6.07) is 1.85. The van der Waals surface area contributed by atoms with Crippen LogP contribution in [0.4, 0.5) is 0 Å². The van der Waals surface area contributed by atoms with E-state index < -0.39 is 21.4 Å². The van der Waals surface area contributed by atoms with Crippen LogP contribution >= 0.6 is 0 Å². The first kappa shape index (κ1) is 14.0. The summed E-state index contributed by atoms with van der Waals surface area (Å²) in [7, 11) is -3.23. The van der Waals surface area contributed by atoms with Gasteiger partial charge in [0, 0.05) is 6.54 Å². The predicted molar refractivity (Wildman–Crippen MR) is 74.4 cm³/mol. The molecule has 1 saturated carbocycles. The summed E-state index contributed by atoms with van der Waals surface area (Å²) in [4.78, 5) is 0. The highest BCUT2D eigenvalue weighted by Gasteiger charge is 2.35. The van der Waals surface area contributed by atoms with Gasteiger partial charge in [-0.3, -0.25) is 4.68 Å². The standard InChI is InChI=1S/C13H21N3O3S/c1-9(2)20(18,19)15-5-6-16-11(8-15)7-12(14-16)13(17)10-3-4-10/h7,9-10,13,17H,3-6,8H2,1-2H3. The Kier molecular flexibility index (Phi) is 3.38. The molecule has 0 spiro atoms. The average Bonchev–Trinajstić information content (AvgIpc) is 3.15. The molecule has 0 bridgehead atoms. The molecular weight excluding hydrogens is 278 g/mol. The Morgan fingerprint density at radius 2 is 2.05 bits per heavy atom. The first-order chi connectivity index (χ1) is 9.39. The number of hydrogen-bond donors (Lipinski definition) is 1. The fraction of sp³-hybridized carbons (Fsp3) is 0.769. The lowest BCUT2D eigenvalue weighted by Gasteiger charge is -2.28. The van der Waals surface area contributed by atoms with Crippen molar-refractivity contribution in [3.8, 4) is 0 Å². The molecule has 1 atom stereocenters. The van der Waals surface area contributed by atoms with Crippen LogP contribution in [0.25, 0.3) is 0 Å². The van der Waals surface area contributed by atoms with Crippen molar-refractivity contribution in [1.82, 2.24) is 14.1 Å². The highest BCUT2D eigenvalue weighted by atomic mass is 32.2. The van der Waals surface area contributed by atoms with Crippen LogP contribution in [0.1, 0.15) is 44.2 Å². The maximum absolute atomic E-state index is 12.2. The van der Waals surface area contributed by atoms with Crippen molar-refractivity contribution in [3.63, 3.8) is 0 Å². The van der Waals surface area contributed by atoms with Crippen LogP contribution in [0, 0.1) is 5.92 Å². The summed E-state index contributed by atoms with van der Waals surface area (Å²) in [5.74, 6) is 0.336. The van der Waals surface area contributed by atoms with Crippen LogP contribution in [0.15, 0.2) is 6.07 Å². The molecule has 0 radical (unpaired) electrons. The average molecular weight is 299 g/mol. The molecule has 2 heterocycles. The van der Waals surface area contributed by atoms with Gasteiger partial charge in [0.2, 0.25) is 10.0 Å². The number of hydrogen-bond acceptors (Lipinski definition) is 4. The minimum Gasteiger partial charge on any atom is -0.386 e. The van der Waals surface area contributed by atoms with Crippen LogP contribution in [0.2, 0.25) is 0 Å². The third kappa shape index (κ3) is 2.38. The van der Waals surface area contributed by atoms with Gasteiger partial charge in [-0.2, -0.15) is 9.40 Å². The zero-order valence-corrected chi connectivity index (χ0v) is 12.7. The van der Waals surface area contributed by atoms with Crippen molar-refractivity contribution in [2.75, 3.05) is 6.54 Å². The second kappa shape index (κ2) is 4.82. The van der Waals surface area contributed by atoms with E-state index in [4.69, 9.17) is 0 Å². The van der Waals surface area contributed by atoms with Crippen molar-refractivity contribution in [2.24, 2.45) is 5.92 Å². The minimum atomic E-state index is -3.23. The molecule has 1 unspecified atom stereocenters. The largest absolute Gasteiger partial charge is 0.386 e. The number of aliphatic hydroxyl groups excluding tert-OH is 1. The van der Waals surface area contributed by atoms with Crippen molar-refractivity contribution < 1.29 is 13.5 Å². The highest BCUT2D eigenvalue weighted by Crippen LogP contribution is 2.40. The van der Waals surface area contributed by atoms with Crippen molar-refractivity contribution >= 4 is 10.0 Å². The lowest BCUT2D eigenvalue weighted by atomic mass is 10.1. The van der Waals surface area contributed by atoms with Gasteiger partial charge in [0.05, 0.1) is 29.7 Å². The molecule has 0 amide bonds. The van der Waals surface area contributed by atoms with Crippen molar-refractivity contribution in [3.05, 3.63) is 17.5 Å². The molecule has 1 fully saturated rings. The van der Waals surface area contributed by atoms with E-state index in [2.05, 4.69) is 5.10 Å². The lowest BCUT2D eigenvalue weighted by Crippen LogP contribution is -2.41. The molecule has 2 aliphatic rings. The Morgan fingerprint density at radius 1 is 1.35 bits per heavy atom. The number of nitrogens with zero attached hydrogens (tertiary/aromatic N) is 3. The van der Waals surface area contributed by atoms with Gasteiger partial charge < -0.3 is 5.11 Å². The fourth-order valence-corrected chi connectivity index (χ4v) is 3.82. The van der Waals surface area contributed by atoms with E-state index in [0.717, 1.165) is 18.5 Å². The Morgan fingerprint density at radius 3 is 2.65 bits per heavy atom. The number of rotatable bonds is 4. The van der Waals surface area contributed by atoms with Gasteiger partial charge in [0.25, 0.3) is 0 Å². The molecule has 1 aromatic rings. The van der Waals surface area contributed by atoms with Crippen LogP contribution < -0.4 is 0 Å². The Labute approximate surface area is 119 Å². The van der Waals surface area contributed by atoms with Gasteiger partial charge in [-0.1, -0.05) is 0 Å². The summed E-state index contributed by atoms with van der Waals surface area (Å²) < 4.78 is 27.7. The van der Waals surface area contributed by atoms with Gasteiger partial charge in [-0.25, -0.2) is 8.42 Å². The summed E-state index contributed by atoms with van der Waals surface area (Å²) >= 11 is 0. The smallest absolute Gasteiger partial charge is 0.216 e. The van der Waals surface area contributed by atoms with Gasteiger partial charge >= 0.3 is 0 Å². The molecule has 1 aromatic heterocycles. The van der Waals surface area contributed by atoms with E-state index in [-0.39, 0.29) is 0 Å². The predicted octanol–water partition coefficient (Wildman–Crippen LogP) is 0.880. The fourth-order valence-electron chi connectivity index (χ4n) is 2.58. The molecule has 6 nitrogen and oxygen atoms in total. The maximum Gasteiger partial charge on any atom is 0.216 e. The van der Waals surface area contributed by atoms with Crippen LogP contribution in [-0.4, -0.2) is 39.4 Å². The zero-order valence-electron chi connectivity index (χ0n) is 11.9. The topological polar surface area (TPSA) is 75.4 Å². The molecular formula is C13H21N3O3S. The first-order valence-corrected chi connectivity index (χ1v) is 8.63. The van der Waals surface area contributed by atoms with E-state index in [1.54, 1.807) is 13.8 Å². The van der Waals surface area contributed by atoms with E-state index in [9.17, 15) is 13.5 Å². The second-order valence-electron chi connectivity index (χ2n) is 5.99. The third-order valence-electron chi connectivity index (χ3n) is 4.11. The Bertz CT molecular complexity index is 604. The van der Waals surface area contributed by atoms with Crippen LogP contribution in [-0.2, 0) is 23.1 Å². The zero-order chi connectivity index (χ0) is 14.5. The van der Waals surface area contributed by atoms with E-state index in [1.807, 2.05) is 10.7 Å². The molecule has 1 aliphatic heterocycles. The number of fused-ring (bicyclic) bond motifs is 1. The van der Waals surface area contributed by atoms with E-state index >= 15 is 0 Å². The van der Waals surface area contributed by atoms with Crippen LogP contribution in [0.3, 0.4) is 0 Å². The molecule has 0 saturated heterocycles. The second-order valence-corrected chi connectivity index (χ2v) is 8.48. The van der Waals surface area contributed by atoms with Crippen LogP contribution in [0.5, 0.6) is 0 Å².